The number of nitrogens with two attached hydrogens (primary N) is 1. The van der Waals surface area contributed by atoms with Crippen LogP contribution in [0.25, 0.3) is 0 Å². The molecule has 0 aliphatic heterocycles. The number of aryl methyl sites for hydroxylation is 2. The van der Waals surface area contributed by atoms with E-state index in [1.165, 1.54) is 42.4 Å². The van der Waals surface area contributed by atoms with Gasteiger partial charge in [-0.1, -0.05) is 51.8 Å². The van der Waals surface area contributed by atoms with Gasteiger partial charge in [0.05, 0.1) is 0 Å². The second kappa shape index (κ2) is 6.56. The summed E-state index contributed by atoms with van der Waals surface area (Å²) in [6.07, 6.45) is 7.52. The zero-order valence-corrected chi connectivity index (χ0v) is 12.8. The average Bonchev–Trinajstić information content (AvgIpc) is 2.46. The van der Waals surface area contributed by atoms with E-state index in [-0.39, 0.29) is 6.04 Å². The second-order valence-corrected chi connectivity index (χ2v) is 6.29. The highest BCUT2D eigenvalue weighted by molar-refractivity contribution is 5.35. The molecular weight excluding hydrogens is 230 g/mol. The Labute approximate surface area is 118 Å². The molecule has 0 radical (unpaired) electrons. The maximum Gasteiger partial charge on any atom is 0.0326 e. The molecule has 1 aromatic rings. The quantitative estimate of drug-likeness (QED) is 0.837. The van der Waals surface area contributed by atoms with E-state index in [0.717, 1.165) is 18.8 Å². The summed E-state index contributed by atoms with van der Waals surface area (Å²) in [7, 11) is 0. The largest absolute Gasteiger partial charge is 0.324 e. The van der Waals surface area contributed by atoms with Crippen LogP contribution in [0.4, 0.5) is 0 Å². The van der Waals surface area contributed by atoms with Crippen molar-refractivity contribution >= 4 is 0 Å². The van der Waals surface area contributed by atoms with E-state index >= 15 is 0 Å². The van der Waals surface area contributed by atoms with Gasteiger partial charge in [0.15, 0.2) is 0 Å². The summed E-state index contributed by atoms with van der Waals surface area (Å²) in [6.45, 7) is 6.83. The van der Waals surface area contributed by atoms with Gasteiger partial charge in [0.25, 0.3) is 0 Å². The zero-order valence-electron chi connectivity index (χ0n) is 12.8. The first-order valence-corrected chi connectivity index (χ1v) is 8.03. The predicted molar refractivity (Wildman–Crippen MR) is 83.2 cm³/mol. The fourth-order valence-electron chi connectivity index (χ4n) is 3.40. The van der Waals surface area contributed by atoms with E-state index in [1.807, 2.05) is 0 Å². The SMILES string of the molecule is CCc1ccc(CC)c(C(N)C2CCC(C)CC2)c1. The fourth-order valence-corrected chi connectivity index (χ4v) is 3.40. The maximum absolute atomic E-state index is 6.62. The van der Waals surface area contributed by atoms with E-state index in [9.17, 15) is 0 Å². The summed E-state index contributed by atoms with van der Waals surface area (Å²) in [6, 6.07) is 7.16. The smallest absolute Gasteiger partial charge is 0.0326 e. The molecule has 1 fully saturated rings. The minimum atomic E-state index is 0.244. The Bertz CT molecular complexity index is 402. The number of benzene rings is 1. The van der Waals surface area contributed by atoms with Crippen molar-refractivity contribution < 1.29 is 0 Å². The van der Waals surface area contributed by atoms with Gasteiger partial charge in [-0.25, -0.2) is 0 Å². The van der Waals surface area contributed by atoms with Crippen LogP contribution in [0.1, 0.15) is 69.2 Å². The molecule has 0 aromatic heterocycles. The third-order valence-electron chi connectivity index (χ3n) is 4.93. The molecule has 1 aliphatic rings. The van der Waals surface area contributed by atoms with E-state index in [4.69, 9.17) is 5.73 Å². The molecule has 1 atom stereocenters. The van der Waals surface area contributed by atoms with Crippen molar-refractivity contribution in [1.82, 2.24) is 0 Å². The summed E-state index contributed by atoms with van der Waals surface area (Å²) < 4.78 is 0. The lowest BCUT2D eigenvalue weighted by Gasteiger charge is -2.32. The summed E-state index contributed by atoms with van der Waals surface area (Å²) in [5, 5.41) is 0. The van der Waals surface area contributed by atoms with Crippen LogP contribution in [0, 0.1) is 11.8 Å². The third-order valence-corrected chi connectivity index (χ3v) is 4.93. The molecule has 1 aromatic carbocycles. The molecule has 2 rings (SSSR count). The summed E-state index contributed by atoms with van der Waals surface area (Å²) in [5.74, 6) is 1.59. The second-order valence-electron chi connectivity index (χ2n) is 6.29. The van der Waals surface area contributed by atoms with Gasteiger partial charge in [-0.05, 0) is 54.2 Å². The van der Waals surface area contributed by atoms with Gasteiger partial charge in [-0.2, -0.15) is 0 Å². The Balaban J connectivity index is 2.19. The zero-order chi connectivity index (χ0) is 13.8. The third kappa shape index (κ3) is 3.39. The van der Waals surface area contributed by atoms with Gasteiger partial charge >= 0.3 is 0 Å². The Kier molecular flexibility index (Phi) is 5.04. The normalized spacial score (nSPS) is 25.3. The Hall–Kier alpha value is -0.820. The van der Waals surface area contributed by atoms with E-state index < -0.39 is 0 Å². The van der Waals surface area contributed by atoms with Crippen molar-refractivity contribution in [3.8, 4) is 0 Å². The van der Waals surface area contributed by atoms with Gasteiger partial charge < -0.3 is 5.73 Å². The molecular formula is C18H29N. The van der Waals surface area contributed by atoms with Crippen molar-refractivity contribution in [3.05, 3.63) is 34.9 Å². The lowest BCUT2D eigenvalue weighted by atomic mass is 9.76. The van der Waals surface area contributed by atoms with Gasteiger partial charge in [-0.3, -0.25) is 0 Å². The lowest BCUT2D eigenvalue weighted by Crippen LogP contribution is -2.26. The first-order valence-electron chi connectivity index (χ1n) is 8.03. The summed E-state index contributed by atoms with van der Waals surface area (Å²) >= 11 is 0. The Morgan fingerprint density at radius 2 is 1.79 bits per heavy atom. The highest BCUT2D eigenvalue weighted by atomic mass is 14.7. The lowest BCUT2D eigenvalue weighted by molar-refractivity contribution is 0.255. The number of hydrogen-bond donors (Lipinski definition) is 1. The molecule has 2 N–H and O–H groups in total. The highest BCUT2D eigenvalue weighted by Gasteiger charge is 2.25. The molecule has 1 heteroatoms. The molecule has 0 bridgehead atoms. The molecule has 0 amide bonds. The first-order chi connectivity index (χ1) is 9.15. The van der Waals surface area contributed by atoms with Crippen molar-refractivity contribution in [2.24, 2.45) is 17.6 Å². The summed E-state index contributed by atoms with van der Waals surface area (Å²) in [5.41, 5.74) is 10.9. The Morgan fingerprint density at radius 3 is 2.37 bits per heavy atom. The molecule has 0 spiro atoms. The van der Waals surface area contributed by atoms with Crippen molar-refractivity contribution in [3.63, 3.8) is 0 Å². The minimum Gasteiger partial charge on any atom is -0.324 e. The molecule has 0 heterocycles. The topological polar surface area (TPSA) is 26.0 Å². The van der Waals surface area contributed by atoms with Crippen LogP contribution in [0.5, 0.6) is 0 Å². The molecule has 1 unspecified atom stereocenters. The maximum atomic E-state index is 6.62. The predicted octanol–water partition coefficient (Wildman–Crippen LogP) is 4.64. The monoisotopic (exact) mass is 259 g/mol. The molecule has 1 saturated carbocycles. The molecule has 106 valence electrons. The molecule has 1 aliphatic carbocycles. The van der Waals surface area contributed by atoms with E-state index in [0.29, 0.717) is 5.92 Å². The number of hydrogen-bond acceptors (Lipinski definition) is 1. The van der Waals surface area contributed by atoms with E-state index in [2.05, 4.69) is 39.0 Å². The number of rotatable bonds is 4. The van der Waals surface area contributed by atoms with Crippen molar-refractivity contribution in [2.45, 2.75) is 65.3 Å². The van der Waals surface area contributed by atoms with Crippen LogP contribution in [0.15, 0.2) is 18.2 Å². The van der Waals surface area contributed by atoms with Crippen LogP contribution < -0.4 is 5.73 Å². The van der Waals surface area contributed by atoms with Gasteiger partial charge in [0.1, 0.15) is 0 Å². The van der Waals surface area contributed by atoms with Crippen LogP contribution >= 0.6 is 0 Å². The summed E-state index contributed by atoms with van der Waals surface area (Å²) in [4.78, 5) is 0. The average molecular weight is 259 g/mol. The van der Waals surface area contributed by atoms with Crippen LogP contribution in [-0.4, -0.2) is 0 Å². The molecule has 0 saturated heterocycles. The van der Waals surface area contributed by atoms with Crippen molar-refractivity contribution in [2.75, 3.05) is 0 Å². The van der Waals surface area contributed by atoms with Gasteiger partial charge in [-0.15, -0.1) is 0 Å². The molecule has 19 heavy (non-hydrogen) atoms. The molecule has 1 nitrogen and oxygen atoms in total. The fraction of sp³-hybridized carbons (Fsp3) is 0.667. The van der Waals surface area contributed by atoms with E-state index in [1.54, 1.807) is 0 Å². The van der Waals surface area contributed by atoms with Gasteiger partial charge in [0, 0.05) is 6.04 Å². The van der Waals surface area contributed by atoms with Crippen LogP contribution in [0.3, 0.4) is 0 Å². The Morgan fingerprint density at radius 1 is 1.11 bits per heavy atom. The van der Waals surface area contributed by atoms with Crippen LogP contribution in [-0.2, 0) is 12.8 Å². The highest BCUT2D eigenvalue weighted by Crippen LogP contribution is 2.36. The van der Waals surface area contributed by atoms with Gasteiger partial charge in [0.2, 0.25) is 0 Å². The van der Waals surface area contributed by atoms with Crippen molar-refractivity contribution in [1.29, 1.82) is 0 Å². The minimum absolute atomic E-state index is 0.244. The van der Waals surface area contributed by atoms with Crippen LogP contribution in [0.2, 0.25) is 0 Å². The standard InChI is InChI=1S/C18H29N/c1-4-14-8-11-15(5-2)17(12-14)18(19)16-9-6-13(3)7-10-16/h8,11-13,16,18H,4-7,9-10,19H2,1-3H3. The first kappa shape index (κ1) is 14.6.